The molecule has 1 N–H and O–H groups in total. The normalized spacial score (nSPS) is 11.0. The first-order valence-electron chi connectivity index (χ1n) is 8.31. The van der Waals surface area contributed by atoms with Gasteiger partial charge in [0.1, 0.15) is 0 Å². The number of benzene rings is 2. The lowest BCUT2D eigenvalue weighted by atomic mass is 9.86. The Morgan fingerprint density at radius 2 is 1.78 bits per heavy atom. The molecule has 2 aromatic carbocycles. The summed E-state index contributed by atoms with van der Waals surface area (Å²) in [7, 11) is 0. The number of ether oxygens (including phenoxy) is 1. The third kappa shape index (κ3) is 4.15. The van der Waals surface area contributed by atoms with Gasteiger partial charge in [0.05, 0.1) is 17.3 Å². The molecule has 0 fully saturated rings. The van der Waals surface area contributed by atoms with Crippen LogP contribution < -0.4 is 4.74 Å². The summed E-state index contributed by atoms with van der Waals surface area (Å²) < 4.78 is 8.81. The molecule has 0 aliphatic heterocycles. The zero-order valence-corrected chi connectivity index (χ0v) is 16.0. The minimum absolute atomic E-state index is 0.0702. The number of hydrogen-bond acceptors (Lipinski definition) is 5. The van der Waals surface area contributed by atoms with Crippen LogP contribution in [0.4, 0.5) is 4.79 Å². The molecule has 0 amide bonds. The number of rotatable bonds is 3. The van der Waals surface area contributed by atoms with E-state index in [2.05, 4.69) is 48.1 Å². The molecule has 6 heteroatoms. The van der Waals surface area contributed by atoms with Crippen molar-refractivity contribution in [1.29, 1.82) is 5.26 Å². The molecular formula is C21H18N2O3S. The predicted octanol–water partition coefficient (Wildman–Crippen LogP) is 5.70. The van der Waals surface area contributed by atoms with Crippen LogP contribution in [0.3, 0.4) is 0 Å². The standard InChI is InChI=1S/C21H18N2O3S/c1-21(2,3)16-7-4-13(5-8-16)17-9-6-14(10-15(17)12-22)18-11-19(27-23-18)26-20(24)25/h4-11H,1-3H3,(H,24,25). The monoisotopic (exact) mass is 378 g/mol. The van der Waals surface area contributed by atoms with Crippen molar-refractivity contribution < 1.29 is 14.6 Å². The van der Waals surface area contributed by atoms with Crippen molar-refractivity contribution in [3.63, 3.8) is 0 Å². The van der Waals surface area contributed by atoms with Gasteiger partial charge in [-0.05, 0) is 28.2 Å². The maximum Gasteiger partial charge on any atom is 0.512 e. The maximum atomic E-state index is 10.6. The van der Waals surface area contributed by atoms with Crippen LogP contribution in [0.1, 0.15) is 31.9 Å². The quantitative estimate of drug-likeness (QED) is 0.591. The van der Waals surface area contributed by atoms with Crippen LogP contribution in [-0.2, 0) is 5.41 Å². The molecule has 0 saturated heterocycles. The van der Waals surface area contributed by atoms with Crippen molar-refractivity contribution in [3.05, 3.63) is 59.7 Å². The molecule has 3 rings (SSSR count). The molecule has 1 aromatic heterocycles. The van der Waals surface area contributed by atoms with E-state index in [1.54, 1.807) is 12.1 Å². The molecule has 0 atom stereocenters. The Hall–Kier alpha value is -3.17. The highest BCUT2D eigenvalue weighted by atomic mass is 32.1. The summed E-state index contributed by atoms with van der Waals surface area (Å²) in [6, 6.07) is 17.5. The smallest absolute Gasteiger partial charge is 0.449 e. The van der Waals surface area contributed by atoms with Crippen molar-refractivity contribution in [1.82, 2.24) is 4.37 Å². The predicted molar refractivity (Wildman–Crippen MR) is 105 cm³/mol. The van der Waals surface area contributed by atoms with Gasteiger partial charge in [-0.3, -0.25) is 0 Å². The molecule has 3 aromatic rings. The van der Waals surface area contributed by atoms with Crippen LogP contribution in [0, 0.1) is 11.3 Å². The SMILES string of the molecule is CC(C)(C)c1ccc(-c2ccc(-c3cc(OC(=O)O)sn3)cc2C#N)cc1. The Bertz CT molecular complexity index is 1020. The van der Waals surface area contributed by atoms with Crippen LogP contribution in [0.15, 0.2) is 48.5 Å². The zero-order valence-electron chi connectivity index (χ0n) is 15.2. The van der Waals surface area contributed by atoms with Crippen molar-refractivity contribution >= 4 is 17.7 Å². The van der Waals surface area contributed by atoms with E-state index in [0.29, 0.717) is 11.3 Å². The summed E-state index contributed by atoms with van der Waals surface area (Å²) in [5.41, 5.74) is 4.96. The second-order valence-electron chi connectivity index (χ2n) is 7.10. The summed E-state index contributed by atoms with van der Waals surface area (Å²) in [6.07, 6.45) is -1.38. The number of carboxylic acid groups (broad SMARTS) is 1. The van der Waals surface area contributed by atoms with E-state index < -0.39 is 6.16 Å². The van der Waals surface area contributed by atoms with E-state index in [-0.39, 0.29) is 10.5 Å². The molecular weight excluding hydrogens is 360 g/mol. The fourth-order valence-corrected chi connectivity index (χ4v) is 3.35. The van der Waals surface area contributed by atoms with Gasteiger partial charge < -0.3 is 9.84 Å². The van der Waals surface area contributed by atoms with E-state index in [0.717, 1.165) is 28.2 Å². The third-order valence-corrected chi connectivity index (χ3v) is 4.84. The summed E-state index contributed by atoms with van der Waals surface area (Å²) in [6.45, 7) is 6.48. The fourth-order valence-electron chi connectivity index (χ4n) is 2.73. The average molecular weight is 378 g/mol. The molecule has 0 bridgehead atoms. The maximum absolute atomic E-state index is 10.6. The first-order chi connectivity index (χ1) is 12.8. The van der Waals surface area contributed by atoms with Gasteiger partial charge in [-0.1, -0.05) is 57.2 Å². The Labute approximate surface area is 161 Å². The molecule has 0 aliphatic carbocycles. The number of nitriles is 1. The second kappa shape index (κ2) is 7.22. The molecule has 1 heterocycles. The summed E-state index contributed by atoms with van der Waals surface area (Å²) in [5.74, 6) is 0. The van der Waals surface area contributed by atoms with Crippen molar-refractivity contribution in [2.45, 2.75) is 26.2 Å². The van der Waals surface area contributed by atoms with Gasteiger partial charge in [0.25, 0.3) is 0 Å². The lowest BCUT2D eigenvalue weighted by Gasteiger charge is -2.19. The minimum Gasteiger partial charge on any atom is -0.449 e. The first kappa shape index (κ1) is 18.6. The van der Waals surface area contributed by atoms with E-state index in [4.69, 9.17) is 5.11 Å². The van der Waals surface area contributed by atoms with Gasteiger partial charge in [-0.2, -0.15) is 9.64 Å². The number of nitrogens with zero attached hydrogens (tertiary/aromatic N) is 2. The summed E-state index contributed by atoms with van der Waals surface area (Å²) in [4.78, 5) is 10.6. The van der Waals surface area contributed by atoms with Crippen LogP contribution in [-0.4, -0.2) is 15.6 Å². The topological polar surface area (TPSA) is 83.2 Å². The van der Waals surface area contributed by atoms with Crippen LogP contribution in [0.25, 0.3) is 22.4 Å². The molecule has 5 nitrogen and oxygen atoms in total. The Balaban J connectivity index is 1.94. The highest BCUT2D eigenvalue weighted by Gasteiger charge is 2.15. The van der Waals surface area contributed by atoms with Crippen LogP contribution in [0.5, 0.6) is 5.06 Å². The zero-order chi connectivity index (χ0) is 19.6. The highest BCUT2D eigenvalue weighted by molar-refractivity contribution is 7.08. The fraction of sp³-hybridized carbons (Fsp3) is 0.190. The highest BCUT2D eigenvalue weighted by Crippen LogP contribution is 2.32. The van der Waals surface area contributed by atoms with Gasteiger partial charge in [0.2, 0.25) is 5.06 Å². The van der Waals surface area contributed by atoms with E-state index >= 15 is 0 Å². The molecule has 136 valence electrons. The molecule has 0 radical (unpaired) electrons. The van der Waals surface area contributed by atoms with Crippen LogP contribution in [0.2, 0.25) is 0 Å². The van der Waals surface area contributed by atoms with Gasteiger partial charge in [0, 0.05) is 23.2 Å². The first-order valence-corrected chi connectivity index (χ1v) is 9.08. The number of hydrogen-bond donors (Lipinski definition) is 1. The second-order valence-corrected chi connectivity index (χ2v) is 7.87. The molecule has 0 unspecified atom stereocenters. The molecule has 0 aliphatic rings. The molecule has 0 saturated carbocycles. The van der Waals surface area contributed by atoms with E-state index in [1.807, 2.05) is 24.3 Å². The number of aromatic nitrogens is 1. The molecule has 0 spiro atoms. The van der Waals surface area contributed by atoms with Crippen LogP contribution >= 0.6 is 11.5 Å². The van der Waals surface area contributed by atoms with E-state index in [1.165, 1.54) is 5.56 Å². The van der Waals surface area contributed by atoms with Crippen molar-refractivity contribution in [2.75, 3.05) is 0 Å². The van der Waals surface area contributed by atoms with Crippen molar-refractivity contribution in [2.24, 2.45) is 0 Å². The summed E-state index contributed by atoms with van der Waals surface area (Å²) in [5, 5.41) is 18.5. The van der Waals surface area contributed by atoms with Gasteiger partial charge in [-0.25, -0.2) is 4.79 Å². The third-order valence-electron chi connectivity index (χ3n) is 4.17. The van der Waals surface area contributed by atoms with E-state index in [9.17, 15) is 10.1 Å². The summed E-state index contributed by atoms with van der Waals surface area (Å²) >= 11 is 0.955. The Kier molecular flexibility index (Phi) is 4.98. The van der Waals surface area contributed by atoms with Gasteiger partial charge in [-0.15, -0.1) is 0 Å². The van der Waals surface area contributed by atoms with Crippen molar-refractivity contribution in [3.8, 4) is 33.5 Å². The lowest BCUT2D eigenvalue weighted by Crippen LogP contribution is -2.10. The average Bonchev–Trinajstić information content (AvgIpc) is 3.08. The Morgan fingerprint density at radius 3 is 2.37 bits per heavy atom. The Morgan fingerprint density at radius 1 is 1.11 bits per heavy atom. The largest absolute Gasteiger partial charge is 0.512 e. The van der Waals surface area contributed by atoms with Gasteiger partial charge in [0.15, 0.2) is 0 Å². The van der Waals surface area contributed by atoms with Gasteiger partial charge >= 0.3 is 6.16 Å². The lowest BCUT2D eigenvalue weighted by molar-refractivity contribution is 0.146. The molecule has 27 heavy (non-hydrogen) atoms. The number of carbonyl (C=O) groups is 1. The minimum atomic E-state index is -1.38.